The predicted octanol–water partition coefficient (Wildman–Crippen LogP) is 2.66. The molecule has 0 saturated carbocycles. The van der Waals surface area contributed by atoms with E-state index in [-0.39, 0.29) is 12.1 Å². The van der Waals surface area contributed by atoms with E-state index in [1.807, 2.05) is 0 Å². The standard InChI is InChI=1S/C14H13F2N5/c1-17-12-8-21-5-4-18-14(21)13(20-12)19-7-9-6-10(15)2-3-11(9)16/h2-6,8,17H,7H2,1H3,(H,19,20). The molecule has 0 radical (unpaired) electrons. The highest BCUT2D eigenvalue weighted by atomic mass is 19.1. The zero-order valence-electron chi connectivity index (χ0n) is 11.3. The predicted molar refractivity (Wildman–Crippen MR) is 76.2 cm³/mol. The molecule has 1 aromatic carbocycles. The summed E-state index contributed by atoms with van der Waals surface area (Å²) in [5, 5.41) is 5.93. The lowest BCUT2D eigenvalue weighted by molar-refractivity contribution is 0.587. The van der Waals surface area contributed by atoms with E-state index < -0.39 is 11.6 Å². The Labute approximate surface area is 119 Å². The van der Waals surface area contributed by atoms with Crippen molar-refractivity contribution in [2.75, 3.05) is 17.7 Å². The summed E-state index contributed by atoms with van der Waals surface area (Å²) >= 11 is 0. The maximum atomic E-state index is 13.6. The maximum absolute atomic E-state index is 13.6. The normalized spacial score (nSPS) is 10.8. The van der Waals surface area contributed by atoms with Gasteiger partial charge < -0.3 is 15.0 Å². The van der Waals surface area contributed by atoms with Gasteiger partial charge in [0, 0.05) is 31.5 Å². The van der Waals surface area contributed by atoms with Crippen LogP contribution in [-0.4, -0.2) is 21.4 Å². The van der Waals surface area contributed by atoms with Crippen molar-refractivity contribution in [1.29, 1.82) is 0 Å². The van der Waals surface area contributed by atoms with E-state index in [9.17, 15) is 8.78 Å². The molecule has 3 rings (SSSR count). The summed E-state index contributed by atoms with van der Waals surface area (Å²) < 4.78 is 28.6. The van der Waals surface area contributed by atoms with E-state index in [2.05, 4.69) is 20.6 Å². The highest BCUT2D eigenvalue weighted by molar-refractivity contribution is 5.65. The van der Waals surface area contributed by atoms with Crippen LogP contribution >= 0.6 is 0 Å². The molecule has 0 bridgehead atoms. The molecule has 0 atom stereocenters. The van der Waals surface area contributed by atoms with Gasteiger partial charge >= 0.3 is 0 Å². The Morgan fingerprint density at radius 1 is 1.29 bits per heavy atom. The molecule has 0 spiro atoms. The van der Waals surface area contributed by atoms with Crippen LogP contribution in [0.5, 0.6) is 0 Å². The van der Waals surface area contributed by atoms with Gasteiger partial charge in [-0.15, -0.1) is 0 Å². The third-order valence-corrected chi connectivity index (χ3v) is 3.08. The van der Waals surface area contributed by atoms with E-state index in [1.165, 1.54) is 0 Å². The van der Waals surface area contributed by atoms with Crippen molar-refractivity contribution in [2.45, 2.75) is 6.54 Å². The second-order valence-corrected chi connectivity index (χ2v) is 4.47. The molecular weight excluding hydrogens is 276 g/mol. The lowest BCUT2D eigenvalue weighted by atomic mass is 10.2. The van der Waals surface area contributed by atoms with Crippen molar-refractivity contribution >= 4 is 17.3 Å². The van der Waals surface area contributed by atoms with Crippen LogP contribution in [0.1, 0.15) is 5.56 Å². The number of rotatable bonds is 4. The van der Waals surface area contributed by atoms with Gasteiger partial charge in [-0.3, -0.25) is 0 Å². The van der Waals surface area contributed by atoms with E-state index in [0.717, 1.165) is 18.2 Å². The van der Waals surface area contributed by atoms with Gasteiger partial charge in [0.05, 0.1) is 6.20 Å². The average Bonchev–Trinajstić information content (AvgIpc) is 2.96. The molecule has 3 aromatic rings. The molecule has 0 aliphatic carbocycles. The molecule has 0 fully saturated rings. The van der Waals surface area contributed by atoms with Gasteiger partial charge in [-0.1, -0.05) is 0 Å². The Morgan fingerprint density at radius 2 is 2.14 bits per heavy atom. The summed E-state index contributed by atoms with van der Waals surface area (Å²) in [6.45, 7) is 0.117. The van der Waals surface area contributed by atoms with Gasteiger partial charge in [-0.05, 0) is 18.2 Å². The minimum Gasteiger partial charge on any atom is -0.372 e. The first kappa shape index (κ1) is 13.3. The van der Waals surface area contributed by atoms with Gasteiger partial charge in [-0.25, -0.2) is 18.7 Å². The number of hydrogen-bond acceptors (Lipinski definition) is 4. The number of aromatic nitrogens is 3. The molecule has 21 heavy (non-hydrogen) atoms. The number of nitrogens with one attached hydrogen (secondary N) is 2. The van der Waals surface area contributed by atoms with Gasteiger partial charge in [0.15, 0.2) is 11.5 Å². The molecular formula is C14H13F2N5. The molecule has 0 saturated heterocycles. The van der Waals surface area contributed by atoms with E-state index in [1.54, 1.807) is 30.0 Å². The fraction of sp³-hybridized carbons (Fsp3) is 0.143. The van der Waals surface area contributed by atoms with E-state index in [4.69, 9.17) is 0 Å². The lowest BCUT2D eigenvalue weighted by Crippen LogP contribution is -2.07. The summed E-state index contributed by atoms with van der Waals surface area (Å²) in [5.74, 6) is 0.197. The van der Waals surface area contributed by atoms with Crippen molar-refractivity contribution in [1.82, 2.24) is 14.4 Å². The van der Waals surface area contributed by atoms with Crippen LogP contribution in [0.2, 0.25) is 0 Å². The van der Waals surface area contributed by atoms with Gasteiger partial charge in [0.1, 0.15) is 17.5 Å². The topological polar surface area (TPSA) is 54.2 Å². The van der Waals surface area contributed by atoms with Crippen molar-refractivity contribution < 1.29 is 8.78 Å². The summed E-state index contributed by atoms with van der Waals surface area (Å²) in [6, 6.07) is 3.35. The fourth-order valence-electron chi connectivity index (χ4n) is 2.03. The zero-order chi connectivity index (χ0) is 14.8. The SMILES string of the molecule is CNc1cn2ccnc2c(NCc2cc(F)ccc2F)n1. The van der Waals surface area contributed by atoms with E-state index in [0.29, 0.717) is 17.3 Å². The number of fused-ring (bicyclic) bond motifs is 1. The first-order valence-electron chi connectivity index (χ1n) is 6.36. The van der Waals surface area contributed by atoms with Crippen molar-refractivity contribution in [2.24, 2.45) is 0 Å². The number of halogens is 2. The molecule has 2 N–H and O–H groups in total. The molecule has 2 heterocycles. The molecule has 0 aliphatic heterocycles. The van der Waals surface area contributed by atoms with Gasteiger partial charge in [-0.2, -0.15) is 0 Å². The Hall–Kier alpha value is -2.70. The van der Waals surface area contributed by atoms with Crippen molar-refractivity contribution in [3.05, 3.63) is 54.0 Å². The Morgan fingerprint density at radius 3 is 2.95 bits per heavy atom. The van der Waals surface area contributed by atoms with Crippen LogP contribution in [0.25, 0.3) is 5.65 Å². The van der Waals surface area contributed by atoms with Gasteiger partial charge in [0.25, 0.3) is 0 Å². The molecule has 2 aromatic heterocycles. The van der Waals surface area contributed by atoms with Crippen LogP contribution in [0.15, 0.2) is 36.8 Å². The number of imidazole rings is 1. The Bertz CT molecular complexity index is 784. The summed E-state index contributed by atoms with van der Waals surface area (Å²) in [6.07, 6.45) is 5.21. The zero-order valence-corrected chi connectivity index (χ0v) is 11.3. The molecule has 5 nitrogen and oxygen atoms in total. The maximum Gasteiger partial charge on any atom is 0.180 e. The monoisotopic (exact) mass is 289 g/mol. The van der Waals surface area contributed by atoms with Crippen molar-refractivity contribution in [3.8, 4) is 0 Å². The average molecular weight is 289 g/mol. The molecule has 0 unspecified atom stereocenters. The Kier molecular flexibility index (Phi) is 3.39. The van der Waals surface area contributed by atoms with Crippen LogP contribution in [0.4, 0.5) is 20.4 Å². The van der Waals surface area contributed by atoms with Crippen LogP contribution in [0, 0.1) is 11.6 Å². The van der Waals surface area contributed by atoms with Crippen LogP contribution < -0.4 is 10.6 Å². The lowest BCUT2D eigenvalue weighted by Gasteiger charge is -2.10. The fourth-order valence-corrected chi connectivity index (χ4v) is 2.03. The number of nitrogens with zero attached hydrogens (tertiary/aromatic N) is 3. The molecule has 0 aliphatic rings. The summed E-state index contributed by atoms with van der Waals surface area (Å²) in [7, 11) is 1.75. The first-order chi connectivity index (χ1) is 10.2. The highest BCUT2D eigenvalue weighted by Gasteiger charge is 2.09. The Balaban J connectivity index is 1.91. The first-order valence-corrected chi connectivity index (χ1v) is 6.36. The largest absolute Gasteiger partial charge is 0.372 e. The highest BCUT2D eigenvalue weighted by Crippen LogP contribution is 2.18. The number of anilines is 2. The smallest absolute Gasteiger partial charge is 0.180 e. The number of benzene rings is 1. The minimum absolute atomic E-state index is 0.117. The number of hydrogen-bond donors (Lipinski definition) is 2. The third-order valence-electron chi connectivity index (χ3n) is 3.08. The molecule has 108 valence electrons. The second-order valence-electron chi connectivity index (χ2n) is 4.47. The second kappa shape index (κ2) is 5.35. The van der Waals surface area contributed by atoms with Crippen LogP contribution in [-0.2, 0) is 6.54 Å². The molecule has 7 heteroatoms. The van der Waals surface area contributed by atoms with Crippen molar-refractivity contribution in [3.63, 3.8) is 0 Å². The third kappa shape index (κ3) is 2.62. The summed E-state index contributed by atoms with van der Waals surface area (Å²) in [4.78, 5) is 8.53. The van der Waals surface area contributed by atoms with Gasteiger partial charge in [0.2, 0.25) is 0 Å². The van der Waals surface area contributed by atoms with E-state index >= 15 is 0 Å². The summed E-state index contributed by atoms with van der Waals surface area (Å²) in [5.41, 5.74) is 0.849. The quantitative estimate of drug-likeness (QED) is 0.775. The molecule has 0 amide bonds. The van der Waals surface area contributed by atoms with Crippen LogP contribution in [0.3, 0.4) is 0 Å². The minimum atomic E-state index is -0.476.